The van der Waals surface area contributed by atoms with Crippen molar-refractivity contribution in [1.82, 2.24) is 0 Å². The van der Waals surface area contributed by atoms with Crippen molar-refractivity contribution < 1.29 is 13.9 Å². The molecule has 0 aliphatic carbocycles. The molecule has 0 radical (unpaired) electrons. The van der Waals surface area contributed by atoms with E-state index in [0.717, 1.165) is 11.3 Å². The summed E-state index contributed by atoms with van der Waals surface area (Å²) in [7, 11) is 0. The third-order valence-electron chi connectivity index (χ3n) is 2.38. The molecule has 1 aromatic carbocycles. The van der Waals surface area contributed by atoms with Gasteiger partial charge in [0.05, 0.1) is 12.4 Å². The third-order valence-corrected chi connectivity index (χ3v) is 2.38. The zero-order valence-electron chi connectivity index (χ0n) is 8.77. The lowest BCUT2D eigenvalue weighted by molar-refractivity contribution is 0.168. The molecular formula is C13H13FO2. The van der Waals surface area contributed by atoms with Crippen LogP contribution in [0.1, 0.15) is 11.3 Å². The topological polar surface area (TPSA) is 33.4 Å². The van der Waals surface area contributed by atoms with Gasteiger partial charge in [0.25, 0.3) is 0 Å². The molecule has 0 fully saturated rings. The number of furan rings is 1. The summed E-state index contributed by atoms with van der Waals surface area (Å²) in [6.45, 7) is 0. The number of aliphatic hydroxyl groups is 1. The maximum Gasteiger partial charge on any atom is 0.123 e. The largest absolute Gasteiger partial charge is 0.469 e. The third kappa shape index (κ3) is 2.94. The Morgan fingerprint density at radius 2 is 2.06 bits per heavy atom. The lowest BCUT2D eigenvalue weighted by Crippen LogP contribution is -2.13. The molecule has 84 valence electrons. The van der Waals surface area contributed by atoms with E-state index in [4.69, 9.17) is 4.42 Å². The molecular weight excluding hydrogens is 207 g/mol. The normalized spacial score (nSPS) is 12.6. The first-order chi connectivity index (χ1) is 7.74. The first kappa shape index (κ1) is 10.9. The molecule has 2 rings (SSSR count). The number of hydrogen-bond donors (Lipinski definition) is 1. The van der Waals surface area contributed by atoms with Crippen LogP contribution in [-0.4, -0.2) is 11.2 Å². The van der Waals surface area contributed by atoms with Crippen molar-refractivity contribution in [2.75, 3.05) is 0 Å². The molecule has 0 saturated carbocycles. The van der Waals surface area contributed by atoms with Crippen LogP contribution in [0.2, 0.25) is 0 Å². The molecule has 0 amide bonds. The molecule has 0 aliphatic rings. The van der Waals surface area contributed by atoms with Gasteiger partial charge >= 0.3 is 0 Å². The molecule has 1 heterocycles. The Labute approximate surface area is 93.3 Å². The maximum absolute atomic E-state index is 12.9. The first-order valence-corrected chi connectivity index (χ1v) is 5.19. The Balaban J connectivity index is 1.94. The molecule has 0 aliphatic heterocycles. The molecule has 0 bridgehead atoms. The molecule has 16 heavy (non-hydrogen) atoms. The summed E-state index contributed by atoms with van der Waals surface area (Å²) in [6.07, 6.45) is 1.90. The highest BCUT2D eigenvalue weighted by molar-refractivity contribution is 5.17. The van der Waals surface area contributed by atoms with Crippen LogP contribution in [0, 0.1) is 5.82 Å². The van der Waals surface area contributed by atoms with Crippen molar-refractivity contribution in [3.05, 3.63) is 59.8 Å². The van der Waals surface area contributed by atoms with Crippen LogP contribution in [0.3, 0.4) is 0 Å². The summed E-state index contributed by atoms with van der Waals surface area (Å²) >= 11 is 0. The fourth-order valence-electron chi connectivity index (χ4n) is 1.67. The summed E-state index contributed by atoms with van der Waals surface area (Å²) in [4.78, 5) is 0. The van der Waals surface area contributed by atoms with Crippen molar-refractivity contribution >= 4 is 0 Å². The van der Waals surface area contributed by atoms with E-state index in [-0.39, 0.29) is 5.82 Å². The highest BCUT2D eigenvalue weighted by Gasteiger charge is 2.08. The highest BCUT2D eigenvalue weighted by Crippen LogP contribution is 2.10. The van der Waals surface area contributed by atoms with Crippen molar-refractivity contribution in [1.29, 1.82) is 0 Å². The van der Waals surface area contributed by atoms with E-state index in [1.165, 1.54) is 12.1 Å². The Morgan fingerprint density at radius 3 is 2.75 bits per heavy atom. The first-order valence-electron chi connectivity index (χ1n) is 5.19. The molecule has 2 nitrogen and oxygen atoms in total. The second kappa shape index (κ2) is 4.94. The molecule has 0 saturated heterocycles. The lowest BCUT2D eigenvalue weighted by Gasteiger charge is -2.08. The maximum atomic E-state index is 12.9. The number of aliphatic hydroxyl groups excluding tert-OH is 1. The van der Waals surface area contributed by atoms with Crippen molar-refractivity contribution in [2.45, 2.75) is 18.9 Å². The molecule has 2 aromatic rings. The van der Waals surface area contributed by atoms with E-state index in [0.29, 0.717) is 12.8 Å². The van der Waals surface area contributed by atoms with Gasteiger partial charge < -0.3 is 9.52 Å². The van der Waals surface area contributed by atoms with Crippen molar-refractivity contribution in [2.24, 2.45) is 0 Å². The van der Waals surface area contributed by atoms with Crippen LogP contribution < -0.4 is 0 Å². The minimum atomic E-state index is -0.548. The zero-order valence-corrected chi connectivity index (χ0v) is 8.77. The summed E-state index contributed by atoms with van der Waals surface area (Å²) < 4.78 is 18.0. The van der Waals surface area contributed by atoms with Crippen LogP contribution >= 0.6 is 0 Å². The van der Waals surface area contributed by atoms with Crippen LogP contribution in [0.15, 0.2) is 47.1 Å². The van der Waals surface area contributed by atoms with E-state index in [1.807, 2.05) is 6.07 Å². The number of hydrogen-bond acceptors (Lipinski definition) is 2. The van der Waals surface area contributed by atoms with Gasteiger partial charge in [0, 0.05) is 6.42 Å². The summed E-state index contributed by atoms with van der Waals surface area (Å²) in [5, 5.41) is 9.78. The fraction of sp³-hybridized carbons (Fsp3) is 0.231. The molecule has 1 atom stereocenters. The monoisotopic (exact) mass is 220 g/mol. The average Bonchev–Trinajstić information content (AvgIpc) is 2.70. The van der Waals surface area contributed by atoms with Crippen LogP contribution in [0.25, 0.3) is 0 Å². The van der Waals surface area contributed by atoms with Crippen molar-refractivity contribution in [3.63, 3.8) is 0 Å². The Hall–Kier alpha value is -1.61. The average molecular weight is 220 g/mol. The van der Waals surface area contributed by atoms with Gasteiger partial charge in [-0.3, -0.25) is 0 Å². The number of halogens is 1. The van der Waals surface area contributed by atoms with E-state index in [1.54, 1.807) is 24.5 Å². The van der Waals surface area contributed by atoms with Gasteiger partial charge in [-0.1, -0.05) is 12.1 Å². The Kier molecular flexibility index (Phi) is 3.37. The summed E-state index contributed by atoms with van der Waals surface area (Å²) in [5.41, 5.74) is 0.791. The van der Waals surface area contributed by atoms with Crippen LogP contribution in [-0.2, 0) is 12.8 Å². The van der Waals surface area contributed by atoms with E-state index in [9.17, 15) is 9.50 Å². The van der Waals surface area contributed by atoms with E-state index < -0.39 is 6.10 Å². The molecule has 1 N–H and O–H groups in total. The van der Waals surface area contributed by atoms with Gasteiger partial charge in [0.2, 0.25) is 0 Å². The van der Waals surface area contributed by atoms with Crippen LogP contribution in [0.4, 0.5) is 4.39 Å². The van der Waals surface area contributed by atoms with Gasteiger partial charge in [-0.2, -0.15) is 0 Å². The Morgan fingerprint density at radius 1 is 1.19 bits per heavy atom. The molecule has 3 heteroatoms. The SMILES string of the molecule is OC(Cc1cccc(F)c1)Cc1ccco1. The zero-order chi connectivity index (χ0) is 11.4. The highest BCUT2D eigenvalue weighted by atomic mass is 19.1. The van der Waals surface area contributed by atoms with Gasteiger partial charge in [-0.05, 0) is 36.2 Å². The summed E-state index contributed by atoms with van der Waals surface area (Å²) in [6, 6.07) is 9.87. The standard InChI is InChI=1S/C13H13FO2/c14-11-4-1-3-10(7-11)8-12(15)9-13-5-2-6-16-13/h1-7,12,15H,8-9H2. The molecule has 1 aromatic heterocycles. The van der Waals surface area contributed by atoms with Crippen LogP contribution in [0.5, 0.6) is 0 Å². The predicted octanol–water partition coefficient (Wildman–Crippen LogP) is 2.56. The van der Waals surface area contributed by atoms with Gasteiger partial charge in [-0.15, -0.1) is 0 Å². The van der Waals surface area contributed by atoms with Gasteiger partial charge in [0.1, 0.15) is 11.6 Å². The molecule has 0 spiro atoms. The van der Waals surface area contributed by atoms with Gasteiger partial charge in [0.15, 0.2) is 0 Å². The lowest BCUT2D eigenvalue weighted by atomic mass is 10.0. The number of rotatable bonds is 4. The quantitative estimate of drug-likeness (QED) is 0.859. The van der Waals surface area contributed by atoms with Gasteiger partial charge in [-0.25, -0.2) is 4.39 Å². The minimum Gasteiger partial charge on any atom is -0.469 e. The molecule has 1 unspecified atom stereocenters. The number of benzene rings is 1. The second-order valence-corrected chi connectivity index (χ2v) is 3.77. The predicted molar refractivity (Wildman–Crippen MR) is 58.5 cm³/mol. The Bertz CT molecular complexity index is 437. The van der Waals surface area contributed by atoms with E-state index >= 15 is 0 Å². The van der Waals surface area contributed by atoms with E-state index in [2.05, 4.69) is 0 Å². The smallest absolute Gasteiger partial charge is 0.123 e. The second-order valence-electron chi connectivity index (χ2n) is 3.77. The summed E-state index contributed by atoms with van der Waals surface area (Å²) in [5.74, 6) is 0.464. The van der Waals surface area contributed by atoms with Crippen molar-refractivity contribution in [3.8, 4) is 0 Å². The minimum absolute atomic E-state index is 0.275. The fourth-order valence-corrected chi connectivity index (χ4v) is 1.67.